The average molecular weight is 391 g/mol. The van der Waals surface area contributed by atoms with Crippen LogP contribution in [0.25, 0.3) is 0 Å². The summed E-state index contributed by atoms with van der Waals surface area (Å²) in [4.78, 5) is 16.8. The quantitative estimate of drug-likeness (QED) is 0.555. The van der Waals surface area contributed by atoms with Gasteiger partial charge in [-0.1, -0.05) is 6.07 Å². The maximum absolute atomic E-state index is 12.6. The molecule has 0 aliphatic rings. The summed E-state index contributed by atoms with van der Waals surface area (Å²) >= 11 is 0. The van der Waals surface area contributed by atoms with Gasteiger partial charge in [-0.05, 0) is 73.5 Å². The number of benzene rings is 2. The number of ether oxygens (including phenoxy) is 2. The molecule has 150 valence electrons. The van der Waals surface area contributed by atoms with Crippen molar-refractivity contribution < 1.29 is 14.3 Å². The Morgan fingerprint density at radius 2 is 1.66 bits per heavy atom. The number of carbonyl (C=O) groups excluding carboxylic acids is 1. The number of hydrogen-bond donors (Lipinski definition) is 2. The highest BCUT2D eigenvalue weighted by atomic mass is 16.5. The lowest BCUT2D eigenvalue weighted by atomic mass is 10.1. The number of rotatable bonds is 8. The Bertz CT molecular complexity index is 951. The van der Waals surface area contributed by atoms with Crippen molar-refractivity contribution in [2.75, 3.05) is 30.9 Å². The number of carbonyl (C=O) groups is 1. The van der Waals surface area contributed by atoms with E-state index in [0.717, 1.165) is 28.3 Å². The molecule has 1 heterocycles. The number of anilines is 2. The van der Waals surface area contributed by atoms with Crippen LogP contribution in [0.1, 0.15) is 21.5 Å². The molecule has 0 spiro atoms. The van der Waals surface area contributed by atoms with Crippen LogP contribution in [0.2, 0.25) is 0 Å². The second-order valence-corrected chi connectivity index (χ2v) is 6.71. The van der Waals surface area contributed by atoms with Gasteiger partial charge in [-0.25, -0.2) is 4.98 Å². The Morgan fingerprint density at radius 3 is 2.34 bits per heavy atom. The molecule has 0 fully saturated rings. The molecule has 0 unspecified atom stereocenters. The van der Waals surface area contributed by atoms with Crippen molar-refractivity contribution in [3.63, 3.8) is 0 Å². The highest BCUT2D eigenvalue weighted by molar-refractivity contribution is 6.04. The third-order valence-corrected chi connectivity index (χ3v) is 4.24. The average Bonchev–Trinajstić information content (AvgIpc) is 2.71. The number of pyridine rings is 1. The van der Waals surface area contributed by atoms with E-state index < -0.39 is 0 Å². The molecule has 3 rings (SSSR count). The fraction of sp³-hybridized carbons (Fsp3) is 0.217. The van der Waals surface area contributed by atoms with Crippen LogP contribution in [0.5, 0.6) is 11.5 Å². The lowest BCUT2D eigenvalue weighted by molar-refractivity contribution is 0.102. The van der Waals surface area contributed by atoms with E-state index in [9.17, 15) is 4.79 Å². The number of methoxy groups -OCH3 is 1. The standard InChI is InChI=1S/C23H25N3O3/c1-16-12-17(2)14-19(13-16)26-23(27)18-8-9-24-22(15-18)25-10-11-29-21-6-4-20(28-3)5-7-21/h4-9,12-15H,10-11H2,1-3H3,(H,24,25)(H,26,27). The van der Waals surface area contributed by atoms with E-state index in [-0.39, 0.29) is 5.91 Å². The lowest BCUT2D eigenvalue weighted by Crippen LogP contribution is -2.15. The molecule has 1 amide bonds. The van der Waals surface area contributed by atoms with Crippen molar-refractivity contribution in [2.45, 2.75) is 13.8 Å². The van der Waals surface area contributed by atoms with Gasteiger partial charge in [-0.3, -0.25) is 4.79 Å². The van der Waals surface area contributed by atoms with Gasteiger partial charge in [0.2, 0.25) is 0 Å². The molecule has 6 heteroatoms. The van der Waals surface area contributed by atoms with Gasteiger partial charge in [0.15, 0.2) is 0 Å². The third-order valence-electron chi connectivity index (χ3n) is 4.24. The fourth-order valence-corrected chi connectivity index (χ4v) is 2.94. The van der Waals surface area contributed by atoms with E-state index in [1.54, 1.807) is 25.4 Å². The van der Waals surface area contributed by atoms with E-state index in [1.165, 1.54) is 0 Å². The number of amides is 1. The zero-order chi connectivity index (χ0) is 20.6. The minimum atomic E-state index is -0.171. The molecule has 0 bridgehead atoms. The zero-order valence-electron chi connectivity index (χ0n) is 16.9. The van der Waals surface area contributed by atoms with Crippen LogP contribution in [0.4, 0.5) is 11.5 Å². The number of aryl methyl sites for hydroxylation is 2. The fourth-order valence-electron chi connectivity index (χ4n) is 2.94. The molecule has 0 saturated carbocycles. The van der Waals surface area contributed by atoms with Crippen molar-refractivity contribution in [3.8, 4) is 11.5 Å². The molecular weight excluding hydrogens is 366 g/mol. The smallest absolute Gasteiger partial charge is 0.255 e. The summed E-state index contributed by atoms with van der Waals surface area (Å²) < 4.78 is 10.8. The Kier molecular flexibility index (Phi) is 6.68. The molecular formula is C23H25N3O3. The molecule has 2 aromatic carbocycles. The molecule has 6 nitrogen and oxygen atoms in total. The van der Waals surface area contributed by atoms with Gasteiger partial charge >= 0.3 is 0 Å². The second kappa shape index (κ2) is 9.59. The largest absolute Gasteiger partial charge is 0.497 e. The van der Waals surface area contributed by atoms with Gasteiger partial charge in [0, 0.05) is 17.4 Å². The van der Waals surface area contributed by atoms with Crippen molar-refractivity contribution in [1.82, 2.24) is 4.98 Å². The first-order valence-corrected chi connectivity index (χ1v) is 9.40. The van der Waals surface area contributed by atoms with Crippen molar-refractivity contribution in [3.05, 3.63) is 77.5 Å². The van der Waals surface area contributed by atoms with Crippen LogP contribution < -0.4 is 20.1 Å². The number of hydrogen-bond acceptors (Lipinski definition) is 5. The van der Waals surface area contributed by atoms with Crippen molar-refractivity contribution in [1.29, 1.82) is 0 Å². The van der Waals surface area contributed by atoms with Crippen LogP contribution in [0.15, 0.2) is 60.8 Å². The first-order chi connectivity index (χ1) is 14.0. The SMILES string of the molecule is COc1ccc(OCCNc2cc(C(=O)Nc3cc(C)cc(C)c3)ccn2)cc1. The predicted octanol–water partition coefficient (Wildman–Crippen LogP) is 4.45. The van der Waals surface area contributed by atoms with Crippen LogP contribution in [-0.2, 0) is 0 Å². The number of aromatic nitrogens is 1. The van der Waals surface area contributed by atoms with Gasteiger partial charge in [0.05, 0.1) is 13.7 Å². The van der Waals surface area contributed by atoms with Gasteiger partial charge in [0.1, 0.15) is 23.9 Å². The minimum Gasteiger partial charge on any atom is -0.497 e. The van der Waals surface area contributed by atoms with Crippen LogP contribution in [-0.4, -0.2) is 31.2 Å². The van der Waals surface area contributed by atoms with Crippen LogP contribution in [0.3, 0.4) is 0 Å². The van der Waals surface area contributed by atoms with Gasteiger partial charge in [-0.15, -0.1) is 0 Å². The van der Waals surface area contributed by atoms with Gasteiger partial charge < -0.3 is 20.1 Å². The van der Waals surface area contributed by atoms with Gasteiger partial charge in [-0.2, -0.15) is 0 Å². The topological polar surface area (TPSA) is 72.5 Å². The number of nitrogens with zero attached hydrogens (tertiary/aromatic N) is 1. The van der Waals surface area contributed by atoms with Crippen molar-refractivity contribution in [2.24, 2.45) is 0 Å². The van der Waals surface area contributed by atoms with E-state index >= 15 is 0 Å². The molecule has 3 aromatic rings. The van der Waals surface area contributed by atoms with E-state index in [1.807, 2.05) is 50.2 Å². The molecule has 0 saturated heterocycles. The third kappa shape index (κ3) is 5.97. The zero-order valence-corrected chi connectivity index (χ0v) is 16.9. The highest BCUT2D eigenvalue weighted by Gasteiger charge is 2.08. The Hall–Kier alpha value is -3.54. The molecule has 29 heavy (non-hydrogen) atoms. The molecule has 2 N–H and O–H groups in total. The first kappa shape index (κ1) is 20.2. The molecule has 0 aliphatic carbocycles. The summed E-state index contributed by atoms with van der Waals surface area (Å²) in [6.07, 6.45) is 1.61. The maximum Gasteiger partial charge on any atom is 0.255 e. The summed E-state index contributed by atoms with van der Waals surface area (Å²) in [5, 5.41) is 6.11. The highest BCUT2D eigenvalue weighted by Crippen LogP contribution is 2.17. The summed E-state index contributed by atoms with van der Waals surface area (Å²) in [5.41, 5.74) is 3.54. The monoisotopic (exact) mass is 391 g/mol. The number of nitrogens with one attached hydrogen (secondary N) is 2. The summed E-state index contributed by atoms with van der Waals surface area (Å²) in [6, 6.07) is 16.8. The summed E-state index contributed by atoms with van der Waals surface area (Å²) in [7, 11) is 1.63. The van der Waals surface area contributed by atoms with E-state index in [2.05, 4.69) is 21.7 Å². The normalized spacial score (nSPS) is 10.3. The van der Waals surface area contributed by atoms with E-state index in [4.69, 9.17) is 9.47 Å². The van der Waals surface area contributed by atoms with E-state index in [0.29, 0.717) is 24.5 Å². The maximum atomic E-state index is 12.6. The van der Waals surface area contributed by atoms with Crippen LogP contribution in [0, 0.1) is 13.8 Å². The lowest BCUT2D eigenvalue weighted by Gasteiger charge is -2.10. The predicted molar refractivity (Wildman–Crippen MR) is 115 cm³/mol. The second-order valence-electron chi connectivity index (χ2n) is 6.71. The van der Waals surface area contributed by atoms with Crippen LogP contribution >= 0.6 is 0 Å². The molecule has 0 radical (unpaired) electrons. The Balaban J connectivity index is 1.52. The van der Waals surface area contributed by atoms with Gasteiger partial charge in [0.25, 0.3) is 5.91 Å². The Labute approximate surface area is 170 Å². The minimum absolute atomic E-state index is 0.171. The summed E-state index contributed by atoms with van der Waals surface area (Å²) in [6.45, 7) is 5.03. The molecule has 0 aliphatic heterocycles. The molecule has 0 atom stereocenters. The first-order valence-electron chi connectivity index (χ1n) is 9.40. The Morgan fingerprint density at radius 1 is 0.966 bits per heavy atom. The molecule has 1 aromatic heterocycles. The van der Waals surface area contributed by atoms with Crippen molar-refractivity contribution >= 4 is 17.4 Å². The summed E-state index contributed by atoms with van der Waals surface area (Å²) in [5.74, 6) is 2.00.